The molecule has 7 heteroatoms. The van der Waals surface area contributed by atoms with Crippen LogP contribution in [0.2, 0.25) is 0 Å². The number of aliphatic hydroxyl groups excluding tert-OH is 1. The Kier molecular flexibility index (Phi) is 5.44. The highest BCUT2D eigenvalue weighted by Crippen LogP contribution is 2.17. The molecule has 0 amide bonds. The number of nitrogens with zero attached hydrogens (tertiary/aromatic N) is 1. The van der Waals surface area contributed by atoms with E-state index in [0.29, 0.717) is 0 Å². The van der Waals surface area contributed by atoms with Gasteiger partial charge in [0, 0.05) is 6.54 Å². The van der Waals surface area contributed by atoms with E-state index in [9.17, 15) is 22.4 Å². The minimum Gasteiger partial charge on any atom is -0.395 e. The van der Waals surface area contributed by atoms with E-state index in [2.05, 4.69) is 0 Å². The molecule has 0 aliphatic rings. The van der Waals surface area contributed by atoms with Gasteiger partial charge in [-0.1, -0.05) is 12.1 Å². The predicted molar refractivity (Wildman–Crippen MR) is 60.3 cm³/mol. The molecule has 0 saturated carbocycles. The maximum atomic E-state index is 13.3. The lowest BCUT2D eigenvalue weighted by Gasteiger charge is -2.21. The van der Waals surface area contributed by atoms with Crippen molar-refractivity contribution in [2.45, 2.75) is 6.18 Å². The normalized spacial score (nSPS) is 11.9. The SMILES string of the molecule is O=C(CN(CCO)CC(F)(F)F)c1ccccc1F. The zero-order valence-electron chi connectivity index (χ0n) is 9.95. The van der Waals surface area contributed by atoms with Crippen molar-refractivity contribution in [3.63, 3.8) is 0 Å². The largest absolute Gasteiger partial charge is 0.401 e. The Bertz CT molecular complexity index is 434. The van der Waals surface area contributed by atoms with E-state index in [1.165, 1.54) is 18.2 Å². The van der Waals surface area contributed by atoms with E-state index in [4.69, 9.17) is 5.11 Å². The molecule has 0 bridgehead atoms. The number of benzene rings is 1. The second kappa shape index (κ2) is 6.63. The lowest BCUT2D eigenvalue weighted by Crippen LogP contribution is -2.39. The van der Waals surface area contributed by atoms with Gasteiger partial charge in [0.25, 0.3) is 0 Å². The standard InChI is InChI=1S/C12H13F4NO2/c13-10-4-2-1-3-9(10)11(19)7-17(5-6-18)8-12(14,15)16/h1-4,18H,5-8H2. The molecule has 0 atom stereocenters. The molecule has 0 unspecified atom stereocenters. The summed E-state index contributed by atoms with van der Waals surface area (Å²) in [5.41, 5.74) is -0.257. The third kappa shape index (κ3) is 5.35. The summed E-state index contributed by atoms with van der Waals surface area (Å²) in [4.78, 5) is 12.4. The molecule has 0 heterocycles. The topological polar surface area (TPSA) is 40.5 Å². The monoisotopic (exact) mass is 279 g/mol. The lowest BCUT2D eigenvalue weighted by molar-refractivity contribution is -0.145. The zero-order chi connectivity index (χ0) is 14.5. The molecular weight excluding hydrogens is 266 g/mol. The first-order chi connectivity index (χ1) is 8.83. The van der Waals surface area contributed by atoms with E-state index in [0.717, 1.165) is 11.0 Å². The summed E-state index contributed by atoms with van der Waals surface area (Å²) < 4.78 is 50.1. The smallest absolute Gasteiger partial charge is 0.395 e. The number of hydrogen-bond acceptors (Lipinski definition) is 3. The van der Waals surface area contributed by atoms with Crippen LogP contribution in [0.15, 0.2) is 24.3 Å². The van der Waals surface area contributed by atoms with Crippen molar-refractivity contribution in [1.29, 1.82) is 0 Å². The fourth-order valence-corrected chi connectivity index (χ4v) is 1.58. The van der Waals surface area contributed by atoms with Crippen molar-refractivity contribution in [3.8, 4) is 0 Å². The third-order valence-electron chi connectivity index (χ3n) is 2.36. The minimum atomic E-state index is -4.48. The first kappa shape index (κ1) is 15.6. The maximum absolute atomic E-state index is 13.3. The number of ketones is 1. The Morgan fingerprint density at radius 3 is 2.42 bits per heavy atom. The van der Waals surface area contributed by atoms with Crippen molar-refractivity contribution in [2.75, 3.05) is 26.2 Å². The molecule has 0 aliphatic heterocycles. The van der Waals surface area contributed by atoms with Crippen molar-refractivity contribution >= 4 is 5.78 Å². The van der Waals surface area contributed by atoms with Crippen molar-refractivity contribution in [1.82, 2.24) is 4.90 Å². The first-order valence-electron chi connectivity index (χ1n) is 5.51. The summed E-state index contributed by atoms with van der Waals surface area (Å²) in [7, 11) is 0. The van der Waals surface area contributed by atoms with Crippen LogP contribution in [0.25, 0.3) is 0 Å². The highest BCUT2D eigenvalue weighted by atomic mass is 19.4. The average molecular weight is 279 g/mol. The molecule has 1 rings (SSSR count). The molecule has 3 nitrogen and oxygen atoms in total. The second-order valence-electron chi connectivity index (χ2n) is 3.95. The highest BCUT2D eigenvalue weighted by molar-refractivity contribution is 5.97. The second-order valence-corrected chi connectivity index (χ2v) is 3.95. The van der Waals surface area contributed by atoms with Gasteiger partial charge in [-0.3, -0.25) is 9.69 Å². The average Bonchev–Trinajstić information content (AvgIpc) is 2.27. The van der Waals surface area contributed by atoms with Gasteiger partial charge in [0.2, 0.25) is 0 Å². The van der Waals surface area contributed by atoms with Gasteiger partial charge >= 0.3 is 6.18 Å². The van der Waals surface area contributed by atoms with Gasteiger partial charge in [-0.2, -0.15) is 13.2 Å². The predicted octanol–water partition coefficient (Wildman–Crippen LogP) is 1.86. The van der Waals surface area contributed by atoms with E-state index in [1.54, 1.807) is 0 Å². The molecule has 0 fully saturated rings. The van der Waals surface area contributed by atoms with Gasteiger partial charge in [0.1, 0.15) is 5.82 Å². The van der Waals surface area contributed by atoms with Gasteiger partial charge in [0.05, 0.1) is 25.3 Å². The van der Waals surface area contributed by atoms with E-state index < -0.39 is 37.5 Å². The summed E-state index contributed by atoms with van der Waals surface area (Å²) >= 11 is 0. The van der Waals surface area contributed by atoms with Crippen molar-refractivity contribution in [3.05, 3.63) is 35.6 Å². The number of carbonyl (C=O) groups excluding carboxylic acids is 1. The Morgan fingerprint density at radius 1 is 1.26 bits per heavy atom. The summed E-state index contributed by atoms with van der Waals surface area (Å²) in [5.74, 6) is -1.53. The van der Waals surface area contributed by atoms with Crippen LogP contribution in [-0.4, -0.2) is 48.2 Å². The molecule has 0 radical (unpaired) electrons. The van der Waals surface area contributed by atoms with Gasteiger partial charge in [-0.15, -0.1) is 0 Å². The van der Waals surface area contributed by atoms with Crippen LogP contribution in [0.3, 0.4) is 0 Å². The highest BCUT2D eigenvalue weighted by Gasteiger charge is 2.31. The fourth-order valence-electron chi connectivity index (χ4n) is 1.58. The molecule has 1 aromatic carbocycles. The van der Waals surface area contributed by atoms with Crippen molar-refractivity contribution < 1.29 is 27.5 Å². The molecule has 106 valence electrons. The van der Waals surface area contributed by atoms with Crippen LogP contribution in [-0.2, 0) is 0 Å². The first-order valence-corrected chi connectivity index (χ1v) is 5.51. The third-order valence-corrected chi connectivity index (χ3v) is 2.36. The molecule has 1 aromatic rings. The van der Waals surface area contributed by atoms with Crippen LogP contribution in [0.5, 0.6) is 0 Å². The Balaban J connectivity index is 2.74. The van der Waals surface area contributed by atoms with Crippen LogP contribution < -0.4 is 0 Å². The fraction of sp³-hybridized carbons (Fsp3) is 0.417. The van der Waals surface area contributed by atoms with Gasteiger partial charge < -0.3 is 5.11 Å². The van der Waals surface area contributed by atoms with E-state index in [1.807, 2.05) is 0 Å². The number of hydrogen-bond donors (Lipinski definition) is 1. The van der Waals surface area contributed by atoms with Crippen molar-refractivity contribution in [2.24, 2.45) is 0 Å². The summed E-state index contributed by atoms with van der Waals surface area (Å²) in [6.07, 6.45) is -4.48. The van der Waals surface area contributed by atoms with Gasteiger partial charge in [-0.05, 0) is 12.1 Å². The van der Waals surface area contributed by atoms with Crippen LogP contribution in [0, 0.1) is 5.82 Å². The molecular formula is C12H13F4NO2. The Morgan fingerprint density at radius 2 is 1.89 bits per heavy atom. The van der Waals surface area contributed by atoms with E-state index in [-0.39, 0.29) is 12.1 Å². The number of rotatable bonds is 6. The Labute approximate surface area is 107 Å². The summed E-state index contributed by atoms with van der Waals surface area (Å²) in [6.45, 7) is -2.74. The molecule has 0 saturated heterocycles. The maximum Gasteiger partial charge on any atom is 0.401 e. The number of halogens is 4. The minimum absolute atomic E-state index is 0.257. The molecule has 0 spiro atoms. The number of alkyl halides is 3. The lowest BCUT2D eigenvalue weighted by atomic mass is 10.1. The summed E-state index contributed by atoms with van der Waals surface area (Å²) in [6, 6.07) is 5.08. The van der Waals surface area contributed by atoms with Gasteiger partial charge in [0.15, 0.2) is 5.78 Å². The Hall–Kier alpha value is -1.47. The molecule has 0 aliphatic carbocycles. The zero-order valence-corrected chi connectivity index (χ0v) is 9.95. The summed E-state index contributed by atoms with van der Waals surface area (Å²) in [5, 5.41) is 8.68. The number of carbonyl (C=O) groups is 1. The van der Waals surface area contributed by atoms with Crippen LogP contribution in [0.1, 0.15) is 10.4 Å². The number of aliphatic hydroxyl groups is 1. The quantitative estimate of drug-likeness (QED) is 0.638. The number of Topliss-reactive ketones (excluding diaryl/α,β-unsaturated/α-hetero) is 1. The van der Waals surface area contributed by atoms with Crippen LogP contribution in [0.4, 0.5) is 17.6 Å². The van der Waals surface area contributed by atoms with E-state index >= 15 is 0 Å². The molecule has 0 aromatic heterocycles. The van der Waals surface area contributed by atoms with Crippen LogP contribution >= 0.6 is 0 Å². The van der Waals surface area contributed by atoms with Gasteiger partial charge in [-0.25, -0.2) is 4.39 Å². The molecule has 19 heavy (non-hydrogen) atoms. The molecule has 1 N–H and O–H groups in total.